The van der Waals surface area contributed by atoms with Crippen molar-refractivity contribution in [2.45, 2.75) is 6.42 Å². The lowest BCUT2D eigenvalue weighted by Crippen LogP contribution is -2.28. The number of urea groups is 1. The van der Waals surface area contributed by atoms with Crippen LogP contribution in [0.5, 0.6) is 0 Å². The Kier molecular flexibility index (Phi) is 1.58. The number of nitrogens with zero attached hydrogens (tertiary/aromatic N) is 2. The van der Waals surface area contributed by atoms with Gasteiger partial charge in [-0.15, -0.1) is 0 Å². The van der Waals surface area contributed by atoms with Crippen molar-refractivity contribution >= 4 is 18.6 Å². The van der Waals surface area contributed by atoms with Crippen LogP contribution in [0.15, 0.2) is 9.98 Å². The first-order valence-corrected chi connectivity index (χ1v) is 2.65. The predicted octanol–water partition coefficient (Wildman–Crippen LogP) is 0.199. The van der Waals surface area contributed by atoms with Gasteiger partial charge in [0.1, 0.15) is 5.84 Å². The van der Waals surface area contributed by atoms with Crippen molar-refractivity contribution in [1.29, 1.82) is 0 Å². The van der Waals surface area contributed by atoms with Crippen LogP contribution >= 0.6 is 0 Å². The summed E-state index contributed by atoms with van der Waals surface area (Å²) < 4.78 is 0. The van der Waals surface area contributed by atoms with Gasteiger partial charge in [0, 0.05) is 13.0 Å². The number of amides is 2. The number of amidine groups is 1. The van der Waals surface area contributed by atoms with E-state index in [2.05, 4.69) is 22.0 Å². The van der Waals surface area contributed by atoms with Crippen molar-refractivity contribution < 1.29 is 4.79 Å². The number of hydrogen-bond acceptors (Lipinski definition) is 2. The molecular weight excluding hydrogens is 118 g/mol. The monoisotopic (exact) mass is 125 g/mol. The molecule has 4 heteroatoms. The molecule has 1 aliphatic heterocycles. The van der Waals surface area contributed by atoms with Crippen LogP contribution in [0.1, 0.15) is 6.42 Å². The zero-order valence-electron chi connectivity index (χ0n) is 4.92. The Balaban J connectivity index is 2.70. The lowest BCUT2D eigenvalue weighted by molar-refractivity contribution is 0.248. The molecule has 0 radical (unpaired) electrons. The van der Waals surface area contributed by atoms with Crippen LogP contribution in [0, 0.1) is 0 Å². The first-order chi connectivity index (χ1) is 4.33. The summed E-state index contributed by atoms with van der Waals surface area (Å²) in [5, 5.41) is 2.53. The van der Waals surface area contributed by atoms with E-state index in [-0.39, 0.29) is 6.03 Å². The molecule has 9 heavy (non-hydrogen) atoms. The van der Waals surface area contributed by atoms with Gasteiger partial charge >= 0.3 is 6.03 Å². The molecule has 1 aliphatic rings. The third-order valence-electron chi connectivity index (χ3n) is 1.04. The summed E-state index contributed by atoms with van der Waals surface area (Å²) in [6.45, 7) is 3.88. The van der Waals surface area contributed by atoms with E-state index in [1.165, 1.54) is 0 Å². The van der Waals surface area contributed by atoms with Gasteiger partial charge in [-0.3, -0.25) is 0 Å². The van der Waals surface area contributed by atoms with Crippen molar-refractivity contribution in [2.24, 2.45) is 9.98 Å². The zero-order valence-corrected chi connectivity index (χ0v) is 4.92. The van der Waals surface area contributed by atoms with Gasteiger partial charge in [-0.25, -0.2) is 9.79 Å². The Morgan fingerprint density at radius 2 is 2.56 bits per heavy atom. The van der Waals surface area contributed by atoms with Gasteiger partial charge in [-0.05, 0) is 6.72 Å². The molecule has 0 fully saturated rings. The lowest BCUT2D eigenvalue weighted by Gasteiger charge is -2.06. The maximum absolute atomic E-state index is 10.4. The van der Waals surface area contributed by atoms with Gasteiger partial charge < -0.3 is 5.32 Å². The Labute approximate surface area is 52.7 Å². The van der Waals surface area contributed by atoms with E-state index >= 15 is 0 Å². The molecule has 0 saturated carbocycles. The molecule has 2 amide bonds. The number of rotatable bonds is 0. The number of carbonyl (C=O) groups is 1. The van der Waals surface area contributed by atoms with Crippen LogP contribution in [0.2, 0.25) is 0 Å². The Hall–Kier alpha value is -1.19. The van der Waals surface area contributed by atoms with Crippen LogP contribution in [0.4, 0.5) is 4.79 Å². The van der Waals surface area contributed by atoms with Crippen molar-refractivity contribution in [2.75, 3.05) is 6.54 Å². The number of carbonyl (C=O) groups excluding carboxylic acids is 1. The molecule has 0 saturated heterocycles. The van der Waals surface area contributed by atoms with Crippen molar-refractivity contribution in [3.63, 3.8) is 0 Å². The van der Waals surface area contributed by atoms with Crippen molar-refractivity contribution in [3.05, 3.63) is 0 Å². The predicted molar refractivity (Wildman–Crippen MR) is 35.0 cm³/mol. The summed E-state index contributed by atoms with van der Waals surface area (Å²) in [4.78, 5) is 17.5. The first-order valence-electron chi connectivity index (χ1n) is 2.65. The lowest BCUT2D eigenvalue weighted by atomic mass is 10.3. The Morgan fingerprint density at radius 1 is 1.78 bits per heavy atom. The molecule has 4 nitrogen and oxygen atoms in total. The molecule has 48 valence electrons. The van der Waals surface area contributed by atoms with E-state index in [9.17, 15) is 4.79 Å². The van der Waals surface area contributed by atoms with E-state index in [1.807, 2.05) is 0 Å². The van der Waals surface area contributed by atoms with E-state index in [4.69, 9.17) is 0 Å². The maximum Gasteiger partial charge on any atom is 0.342 e. The van der Waals surface area contributed by atoms with Crippen LogP contribution in [0.3, 0.4) is 0 Å². The highest BCUT2D eigenvalue weighted by atomic mass is 16.2. The summed E-state index contributed by atoms with van der Waals surface area (Å²) in [6, 6.07) is -0.316. The normalized spacial score (nSPS) is 18.2. The van der Waals surface area contributed by atoms with Gasteiger partial charge in [-0.1, -0.05) is 0 Å². The van der Waals surface area contributed by atoms with Crippen LogP contribution in [-0.2, 0) is 0 Å². The highest BCUT2D eigenvalue weighted by Crippen LogP contribution is 1.93. The molecular formula is C5H7N3O. The molecule has 0 aliphatic carbocycles. The fraction of sp³-hybridized carbons (Fsp3) is 0.400. The standard InChI is InChI=1S/C5H7N3O/c1-6-4-2-3-7-5(9)8-4/h1-3H2,(H,7,9). The zero-order chi connectivity index (χ0) is 6.69. The molecule has 1 rings (SSSR count). The third kappa shape index (κ3) is 1.35. The number of aliphatic imine (C=N–C) groups is 2. The van der Waals surface area contributed by atoms with Gasteiger partial charge in [0.25, 0.3) is 0 Å². The average molecular weight is 125 g/mol. The number of nitrogens with one attached hydrogen (secondary N) is 1. The minimum absolute atomic E-state index is 0.316. The molecule has 0 unspecified atom stereocenters. The van der Waals surface area contributed by atoms with Gasteiger partial charge in [0.2, 0.25) is 0 Å². The highest BCUT2D eigenvalue weighted by molar-refractivity contribution is 5.97. The summed E-state index contributed by atoms with van der Waals surface area (Å²) in [5.74, 6) is 0.527. The largest absolute Gasteiger partial charge is 0.342 e. The second-order valence-corrected chi connectivity index (χ2v) is 1.67. The highest BCUT2D eigenvalue weighted by Gasteiger charge is 2.07. The molecule has 0 aromatic carbocycles. The summed E-state index contributed by atoms with van der Waals surface area (Å²) in [5.41, 5.74) is 0. The SMILES string of the molecule is C=NC1=NC(=O)NCC1. The number of hydrogen-bond donors (Lipinski definition) is 1. The van der Waals surface area contributed by atoms with Gasteiger partial charge in [-0.2, -0.15) is 4.99 Å². The van der Waals surface area contributed by atoms with Crippen LogP contribution in [-0.4, -0.2) is 25.1 Å². The maximum atomic E-state index is 10.4. The summed E-state index contributed by atoms with van der Waals surface area (Å²) in [6.07, 6.45) is 0.690. The van der Waals surface area contributed by atoms with E-state index in [1.54, 1.807) is 0 Å². The van der Waals surface area contributed by atoms with Crippen molar-refractivity contribution in [3.8, 4) is 0 Å². The third-order valence-corrected chi connectivity index (χ3v) is 1.04. The molecule has 1 heterocycles. The van der Waals surface area contributed by atoms with Crippen LogP contribution < -0.4 is 5.32 Å². The van der Waals surface area contributed by atoms with E-state index in [0.29, 0.717) is 18.8 Å². The molecule has 0 atom stereocenters. The Bertz CT molecular complexity index is 173. The van der Waals surface area contributed by atoms with Gasteiger partial charge in [0.05, 0.1) is 0 Å². The second kappa shape index (κ2) is 2.39. The molecule has 0 aromatic rings. The minimum atomic E-state index is -0.316. The molecule has 0 aromatic heterocycles. The molecule has 1 N–H and O–H groups in total. The van der Waals surface area contributed by atoms with E-state index < -0.39 is 0 Å². The second-order valence-electron chi connectivity index (χ2n) is 1.67. The first kappa shape index (κ1) is 5.94. The van der Waals surface area contributed by atoms with Crippen molar-refractivity contribution in [1.82, 2.24) is 5.32 Å². The fourth-order valence-corrected chi connectivity index (χ4v) is 0.608. The summed E-state index contributed by atoms with van der Waals surface area (Å²) in [7, 11) is 0. The smallest absolute Gasteiger partial charge is 0.336 e. The van der Waals surface area contributed by atoms with E-state index in [0.717, 1.165) is 0 Å². The topological polar surface area (TPSA) is 53.8 Å². The molecule has 0 bridgehead atoms. The Morgan fingerprint density at radius 3 is 3.00 bits per heavy atom. The summed E-state index contributed by atoms with van der Waals surface area (Å²) >= 11 is 0. The quantitative estimate of drug-likeness (QED) is 0.462. The fourth-order valence-electron chi connectivity index (χ4n) is 0.608. The minimum Gasteiger partial charge on any atom is -0.336 e. The van der Waals surface area contributed by atoms with Gasteiger partial charge in [0.15, 0.2) is 0 Å². The van der Waals surface area contributed by atoms with Crippen LogP contribution in [0.25, 0.3) is 0 Å². The molecule has 0 spiro atoms. The average Bonchev–Trinajstić information content (AvgIpc) is 1.88.